The summed E-state index contributed by atoms with van der Waals surface area (Å²) in [4.78, 5) is 2.40. The standard InChI is InChI=1S/C12H28N2O2/c1-11(12(2)13)10-14(7-9-16-4)6-5-8-15-3/h11-12H,5-10,13H2,1-4H3. The molecule has 4 nitrogen and oxygen atoms in total. The molecule has 0 radical (unpaired) electrons. The average molecular weight is 232 g/mol. The maximum Gasteiger partial charge on any atom is 0.0589 e. The van der Waals surface area contributed by atoms with Crippen molar-refractivity contribution in [1.29, 1.82) is 0 Å². The zero-order chi connectivity index (χ0) is 12.4. The van der Waals surface area contributed by atoms with Crippen molar-refractivity contribution in [3.63, 3.8) is 0 Å². The normalized spacial score (nSPS) is 15.4. The fraction of sp³-hybridized carbons (Fsp3) is 1.00. The summed E-state index contributed by atoms with van der Waals surface area (Å²) in [5, 5.41) is 0. The van der Waals surface area contributed by atoms with Gasteiger partial charge in [-0.3, -0.25) is 0 Å². The Bertz CT molecular complexity index is 154. The van der Waals surface area contributed by atoms with Crippen LogP contribution in [-0.4, -0.2) is 58.0 Å². The van der Waals surface area contributed by atoms with Gasteiger partial charge in [-0.2, -0.15) is 0 Å². The van der Waals surface area contributed by atoms with E-state index in [2.05, 4.69) is 18.7 Å². The molecule has 0 heterocycles. The largest absolute Gasteiger partial charge is 0.385 e. The van der Waals surface area contributed by atoms with Gasteiger partial charge < -0.3 is 20.1 Å². The number of nitrogens with two attached hydrogens (primary N) is 1. The maximum atomic E-state index is 5.89. The van der Waals surface area contributed by atoms with Crippen molar-refractivity contribution in [2.24, 2.45) is 11.7 Å². The van der Waals surface area contributed by atoms with Gasteiger partial charge in [-0.05, 0) is 19.3 Å². The zero-order valence-electron chi connectivity index (χ0n) is 11.2. The second kappa shape index (κ2) is 10.0. The minimum atomic E-state index is 0.243. The van der Waals surface area contributed by atoms with Crippen LogP contribution in [-0.2, 0) is 9.47 Å². The number of ether oxygens (including phenoxy) is 2. The molecule has 0 fully saturated rings. The van der Waals surface area contributed by atoms with Gasteiger partial charge >= 0.3 is 0 Å². The SMILES string of the molecule is COCCCN(CCOC)CC(C)C(C)N. The first-order valence-electron chi connectivity index (χ1n) is 6.07. The highest BCUT2D eigenvalue weighted by Gasteiger charge is 2.12. The molecule has 2 atom stereocenters. The lowest BCUT2D eigenvalue weighted by atomic mass is 10.0. The highest BCUT2D eigenvalue weighted by atomic mass is 16.5. The van der Waals surface area contributed by atoms with Crippen LogP contribution in [0.4, 0.5) is 0 Å². The molecule has 0 amide bonds. The molecule has 0 saturated heterocycles. The minimum Gasteiger partial charge on any atom is -0.385 e. The van der Waals surface area contributed by atoms with Crippen molar-refractivity contribution < 1.29 is 9.47 Å². The summed E-state index contributed by atoms with van der Waals surface area (Å²) >= 11 is 0. The summed E-state index contributed by atoms with van der Waals surface area (Å²) in [5.74, 6) is 0.513. The second-order valence-electron chi connectivity index (χ2n) is 4.48. The molecule has 0 aliphatic heterocycles. The smallest absolute Gasteiger partial charge is 0.0589 e. The molecule has 2 N–H and O–H groups in total. The summed E-state index contributed by atoms with van der Waals surface area (Å²) in [5.41, 5.74) is 5.89. The van der Waals surface area contributed by atoms with Crippen LogP contribution in [0.1, 0.15) is 20.3 Å². The Labute approximate surface area is 100 Å². The zero-order valence-corrected chi connectivity index (χ0v) is 11.2. The topological polar surface area (TPSA) is 47.7 Å². The molecule has 0 aromatic heterocycles. The van der Waals surface area contributed by atoms with E-state index in [-0.39, 0.29) is 6.04 Å². The van der Waals surface area contributed by atoms with Gasteiger partial charge in [0, 0.05) is 46.5 Å². The van der Waals surface area contributed by atoms with E-state index in [1.165, 1.54) is 0 Å². The summed E-state index contributed by atoms with van der Waals surface area (Å²) in [6.45, 7) is 8.90. The first-order chi connectivity index (χ1) is 7.61. The van der Waals surface area contributed by atoms with E-state index in [0.717, 1.165) is 39.3 Å². The fourth-order valence-electron chi connectivity index (χ4n) is 1.52. The highest BCUT2D eigenvalue weighted by Crippen LogP contribution is 2.04. The Balaban J connectivity index is 3.88. The molecule has 0 rings (SSSR count). The Morgan fingerprint density at radius 1 is 1.06 bits per heavy atom. The molecule has 98 valence electrons. The average Bonchev–Trinajstić information content (AvgIpc) is 2.25. The predicted molar refractivity (Wildman–Crippen MR) is 67.6 cm³/mol. The lowest BCUT2D eigenvalue weighted by Gasteiger charge is -2.27. The van der Waals surface area contributed by atoms with Crippen LogP contribution in [0.2, 0.25) is 0 Å². The van der Waals surface area contributed by atoms with Gasteiger partial charge in [-0.15, -0.1) is 0 Å². The number of rotatable bonds is 10. The molecule has 4 heteroatoms. The van der Waals surface area contributed by atoms with Crippen molar-refractivity contribution in [2.45, 2.75) is 26.3 Å². The Kier molecular flexibility index (Phi) is 9.92. The van der Waals surface area contributed by atoms with Crippen LogP contribution in [0.5, 0.6) is 0 Å². The van der Waals surface area contributed by atoms with E-state index in [1.807, 2.05) is 0 Å². The monoisotopic (exact) mass is 232 g/mol. The lowest BCUT2D eigenvalue weighted by molar-refractivity contribution is 0.121. The maximum absolute atomic E-state index is 5.89. The van der Waals surface area contributed by atoms with Gasteiger partial charge in [0.05, 0.1) is 6.61 Å². The van der Waals surface area contributed by atoms with Crippen LogP contribution in [0.3, 0.4) is 0 Å². The molecule has 0 saturated carbocycles. The number of nitrogens with zero attached hydrogens (tertiary/aromatic N) is 1. The van der Waals surface area contributed by atoms with Crippen LogP contribution >= 0.6 is 0 Å². The first-order valence-corrected chi connectivity index (χ1v) is 6.07. The first kappa shape index (κ1) is 15.8. The van der Waals surface area contributed by atoms with Crippen LogP contribution < -0.4 is 5.73 Å². The molecule has 0 bridgehead atoms. The van der Waals surface area contributed by atoms with Gasteiger partial charge in [-0.25, -0.2) is 0 Å². The quantitative estimate of drug-likeness (QED) is 0.570. The third-order valence-electron chi connectivity index (χ3n) is 2.88. The van der Waals surface area contributed by atoms with Gasteiger partial charge in [0.15, 0.2) is 0 Å². The lowest BCUT2D eigenvalue weighted by Crippen LogP contribution is -2.38. The molecular weight excluding hydrogens is 204 g/mol. The Morgan fingerprint density at radius 3 is 2.19 bits per heavy atom. The highest BCUT2D eigenvalue weighted by molar-refractivity contribution is 4.69. The van der Waals surface area contributed by atoms with E-state index in [0.29, 0.717) is 5.92 Å². The van der Waals surface area contributed by atoms with Crippen LogP contribution in [0.15, 0.2) is 0 Å². The van der Waals surface area contributed by atoms with Crippen molar-refractivity contribution in [2.75, 3.05) is 47.1 Å². The summed E-state index contributed by atoms with van der Waals surface area (Å²) in [6.07, 6.45) is 1.06. The number of hydrogen-bond donors (Lipinski definition) is 1. The van der Waals surface area contributed by atoms with Gasteiger partial charge in [0.1, 0.15) is 0 Å². The number of hydrogen-bond acceptors (Lipinski definition) is 4. The second-order valence-corrected chi connectivity index (χ2v) is 4.48. The molecule has 2 unspecified atom stereocenters. The molecule has 0 aliphatic carbocycles. The van der Waals surface area contributed by atoms with E-state index in [1.54, 1.807) is 14.2 Å². The number of methoxy groups -OCH3 is 2. The van der Waals surface area contributed by atoms with Gasteiger partial charge in [0.25, 0.3) is 0 Å². The predicted octanol–water partition coefficient (Wildman–Crippen LogP) is 0.955. The van der Waals surface area contributed by atoms with Crippen molar-refractivity contribution >= 4 is 0 Å². The summed E-state index contributed by atoms with van der Waals surface area (Å²) in [6, 6.07) is 0.243. The van der Waals surface area contributed by atoms with Gasteiger partial charge in [0.2, 0.25) is 0 Å². The molecule has 0 aliphatic rings. The van der Waals surface area contributed by atoms with Crippen molar-refractivity contribution in [1.82, 2.24) is 4.90 Å². The molecule has 16 heavy (non-hydrogen) atoms. The van der Waals surface area contributed by atoms with E-state index >= 15 is 0 Å². The van der Waals surface area contributed by atoms with Gasteiger partial charge in [-0.1, -0.05) is 6.92 Å². The van der Waals surface area contributed by atoms with E-state index in [9.17, 15) is 0 Å². The third kappa shape index (κ3) is 8.05. The summed E-state index contributed by atoms with van der Waals surface area (Å²) in [7, 11) is 3.48. The van der Waals surface area contributed by atoms with Crippen molar-refractivity contribution in [3.8, 4) is 0 Å². The van der Waals surface area contributed by atoms with Crippen LogP contribution in [0.25, 0.3) is 0 Å². The Morgan fingerprint density at radius 2 is 1.69 bits per heavy atom. The Hall–Kier alpha value is -0.160. The third-order valence-corrected chi connectivity index (χ3v) is 2.88. The minimum absolute atomic E-state index is 0.243. The molecule has 0 spiro atoms. The fourth-order valence-corrected chi connectivity index (χ4v) is 1.52. The molecule has 0 aromatic carbocycles. The molecular formula is C12H28N2O2. The van der Waals surface area contributed by atoms with Crippen molar-refractivity contribution in [3.05, 3.63) is 0 Å². The summed E-state index contributed by atoms with van der Waals surface area (Å²) < 4.78 is 10.2. The van der Waals surface area contributed by atoms with E-state index in [4.69, 9.17) is 15.2 Å². The molecule has 0 aromatic rings. The van der Waals surface area contributed by atoms with Crippen LogP contribution in [0, 0.1) is 5.92 Å². The van der Waals surface area contributed by atoms with E-state index < -0.39 is 0 Å².